The molecule has 7 nitrogen and oxygen atoms in total. The average molecular weight is 488 g/mol. The van der Waals surface area contributed by atoms with Gasteiger partial charge in [0.2, 0.25) is 6.41 Å². The molecule has 0 aliphatic rings. The average Bonchev–Trinajstić information content (AvgIpc) is 2.84. The topological polar surface area (TPSA) is 89.0 Å². The van der Waals surface area contributed by atoms with Gasteiger partial charge in [0.25, 0.3) is 0 Å². The number of aromatic nitrogens is 3. The number of fused-ring (bicyclic) bond motifs is 1. The molecule has 0 radical (unpaired) electrons. The van der Waals surface area contributed by atoms with Gasteiger partial charge >= 0.3 is 0 Å². The number of amides is 1. The fourth-order valence-corrected chi connectivity index (χ4v) is 2.99. The first-order chi connectivity index (χ1) is 16.2. The predicted octanol–water partition coefficient (Wildman–Crippen LogP) is 6.36. The van der Waals surface area contributed by atoms with Crippen LogP contribution in [0.15, 0.2) is 35.6 Å². The lowest BCUT2D eigenvalue weighted by Gasteiger charge is -2.15. The summed E-state index contributed by atoms with van der Waals surface area (Å²) in [6.07, 6.45) is 4.48. The van der Waals surface area contributed by atoms with Crippen LogP contribution in [0.3, 0.4) is 0 Å². The molecule has 0 bridgehead atoms. The van der Waals surface area contributed by atoms with Gasteiger partial charge in [-0.1, -0.05) is 45.5 Å². The lowest BCUT2D eigenvalue weighted by Crippen LogP contribution is -2.34. The van der Waals surface area contributed by atoms with E-state index in [0.717, 1.165) is 38.8 Å². The summed E-state index contributed by atoms with van der Waals surface area (Å²) in [5, 5.41) is 7.40. The Kier molecular flexibility index (Phi) is 14.5. The highest BCUT2D eigenvalue weighted by Gasteiger charge is 2.11. The molecule has 3 aromatic rings. The standard InChI is InChI=1S/C17H18N4OS.C5H11NO.2C2H6/c1-10-5-11(7-13(6-10)22-3)14-8-12-9-19-17(23-4)21-15(12)20-16(14)18-2;1-5(2,3)6-4-7;2*1-2/h5-9H,1-4H3,(H,18,19,20,21);4H,1-3H3,(H,6,7);2*1-2H3. The van der Waals surface area contributed by atoms with Crippen molar-refractivity contribution in [2.75, 3.05) is 25.7 Å². The number of pyridine rings is 1. The second-order valence-electron chi connectivity index (χ2n) is 7.66. The molecule has 0 unspecified atom stereocenters. The first kappa shape index (κ1) is 31.1. The van der Waals surface area contributed by atoms with Crippen molar-refractivity contribution in [3.63, 3.8) is 0 Å². The van der Waals surface area contributed by atoms with Crippen molar-refractivity contribution in [3.8, 4) is 16.9 Å². The third-order valence-corrected chi connectivity index (χ3v) is 4.62. The van der Waals surface area contributed by atoms with Crippen molar-refractivity contribution in [2.24, 2.45) is 0 Å². The Balaban J connectivity index is 0.000000844. The molecule has 34 heavy (non-hydrogen) atoms. The number of nitrogens with one attached hydrogen (secondary N) is 2. The molecular weight excluding hydrogens is 446 g/mol. The molecule has 8 heteroatoms. The summed E-state index contributed by atoms with van der Waals surface area (Å²) in [6.45, 7) is 15.8. The van der Waals surface area contributed by atoms with Crippen molar-refractivity contribution >= 4 is 35.0 Å². The lowest BCUT2D eigenvalue weighted by atomic mass is 10.0. The van der Waals surface area contributed by atoms with Crippen LogP contribution in [-0.2, 0) is 4.79 Å². The maximum atomic E-state index is 9.71. The van der Waals surface area contributed by atoms with Gasteiger partial charge in [0.15, 0.2) is 10.8 Å². The zero-order chi connectivity index (χ0) is 26.3. The van der Waals surface area contributed by atoms with E-state index >= 15 is 0 Å². The van der Waals surface area contributed by atoms with Gasteiger partial charge < -0.3 is 15.4 Å². The van der Waals surface area contributed by atoms with Crippen LogP contribution in [0.2, 0.25) is 0 Å². The van der Waals surface area contributed by atoms with E-state index < -0.39 is 0 Å². The Morgan fingerprint density at radius 1 is 1.03 bits per heavy atom. The number of anilines is 1. The molecule has 3 rings (SSSR count). The largest absolute Gasteiger partial charge is 0.497 e. The number of aryl methyl sites for hydroxylation is 1. The van der Waals surface area contributed by atoms with Gasteiger partial charge in [-0.05, 0) is 63.3 Å². The molecule has 2 N–H and O–H groups in total. The van der Waals surface area contributed by atoms with E-state index in [4.69, 9.17) is 4.74 Å². The third kappa shape index (κ3) is 9.95. The Morgan fingerprint density at radius 3 is 2.15 bits per heavy atom. The van der Waals surface area contributed by atoms with E-state index in [2.05, 4.69) is 37.7 Å². The quantitative estimate of drug-likeness (QED) is 0.246. The van der Waals surface area contributed by atoms with E-state index in [1.165, 1.54) is 11.8 Å². The number of ether oxygens (including phenoxy) is 1. The van der Waals surface area contributed by atoms with Crippen LogP contribution in [0.4, 0.5) is 5.82 Å². The fraction of sp³-hybridized carbons (Fsp3) is 0.462. The number of benzene rings is 1. The number of hydrogen-bond acceptors (Lipinski definition) is 7. The van der Waals surface area contributed by atoms with Crippen LogP contribution in [-0.4, -0.2) is 47.3 Å². The first-order valence-corrected chi connectivity index (χ1v) is 12.7. The van der Waals surface area contributed by atoms with Gasteiger partial charge in [-0.25, -0.2) is 15.0 Å². The molecule has 2 heterocycles. The summed E-state index contributed by atoms with van der Waals surface area (Å²) < 4.78 is 5.38. The van der Waals surface area contributed by atoms with E-state index in [1.54, 1.807) is 7.11 Å². The molecule has 0 saturated carbocycles. The lowest BCUT2D eigenvalue weighted by molar-refractivity contribution is -0.110. The summed E-state index contributed by atoms with van der Waals surface area (Å²) >= 11 is 1.51. The van der Waals surface area contributed by atoms with Crippen molar-refractivity contribution in [1.29, 1.82) is 0 Å². The molecule has 1 amide bonds. The minimum absolute atomic E-state index is 0.0677. The monoisotopic (exact) mass is 487 g/mol. The van der Waals surface area contributed by atoms with Crippen LogP contribution >= 0.6 is 11.8 Å². The molecule has 0 aliphatic carbocycles. The van der Waals surface area contributed by atoms with Crippen LogP contribution in [0.1, 0.15) is 54.0 Å². The predicted molar refractivity (Wildman–Crippen MR) is 147 cm³/mol. The molecule has 0 spiro atoms. The second-order valence-corrected chi connectivity index (χ2v) is 8.43. The number of methoxy groups -OCH3 is 1. The van der Waals surface area contributed by atoms with Crippen LogP contribution in [0.5, 0.6) is 5.75 Å². The Hall–Kier alpha value is -2.87. The van der Waals surface area contributed by atoms with E-state index in [0.29, 0.717) is 12.1 Å². The number of nitrogens with zero attached hydrogens (tertiary/aromatic N) is 3. The van der Waals surface area contributed by atoms with Crippen LogP contribution < -0.4 is 15.4 Å². The first-order valence-electron chi connectivity index (χ1n) is 11.5. The van der Waals surface area contributed by atoms with Crippen LogP contribution in [0, 0.1) is 6.92 Å². The van der Waals surface area contributed by atoms with E-state index in [1.807, 2.05) is 87.0 Å². The fourth-order valence-electron chi connectivity index (χ4n) is 2.65. The summed E-state index contributed by atoms with van der Waals surface area (Å²) in [5.74, 6) is 1.62. The molecule has 0 fully saturated rings. The second kappa shape index (κ2) is 15.9. The highest BCUT2D eigenvalue weighted by atomic mass is 32.2. The highest BCUT2D eigenvalue weighted by Crippen LogP contribution is 2.32. The molecule has 1 aromatic carbocycles. The number of carbonyl (C=O) groups is 1. The van der Waals surface area contributed by atoms with E-state index in [-0.39, 0.29) is 5.54 Å². The van der Waals surface area contributed by atoms with Gasteiger partial charge in [0.05, 0.1) is 7.11 Å². The van der Waals surface area contributed by atoms with Gasteiger partial charge in [-0.3, -0.25) is 4.79 Å². The molecule has 2 aromatic heterocycles. The van der Waals surface area contributed by atoms with Gasteiger partial charge in [0, 0.05) is 29.7 Å². The number of hydrogen-bond donors (Lipinski definition) is 2. The Labute approximate surface area is 209 Å². The molecular formula is C26H41N5O2S. The normalized spacial score (nSPS) is 9.85. The maximum absolute atomic E-state index is 9.71. The molecule has 188 valence electrons. The number of rotatable bonds is 5. The number of carbonyl (C=O) groups excluding carboxylic acids is 1. The van der Waals surface area contributed by atoms with Crippen molar-refractivity contribution in [3.05, 3.63) is 36.0 Å². The smallest absolute Gasteiger partial charge is 0.207 e. The van der Waals surface area contributed by atoms with Crippen molar-refractivity contribution in [2.45, 2.75) is 66.1 Å². The molecule has 0 atom stereocenters. The Bertz CT molecular complexity index is 1020. The SMILES string of the molecule is CC.CC.CC(C)(C)NC=O.CNc1nc2nc(SC)ncc2cc1-c1cc(C)cc(OC)c1. The summed E-state index contributed by atoms with van der Waals surface area (Å²) in [4.78, 5) is 23.2. The molecule has 0 saturated heterocycles. The Morgan fingerprint density at radius 2 is 1.68 bits per heavy atom. The zero-order valence-corrected chi connectivity index (χ0v) is 23.3. The minimum Gasteiger partial charge on any atom is -0.497 e. The van der Waals surface area contributed by atoms with Crippen LogP contribution in [0.25, 0.3) is 22.2 Å². The summed E-state index contributed by atoms with van der Waals surface area (Å²) in [7, 11) is 3.54. The third-order valence-electron chi connectivity index (χ3n) is 4.06. The maximum Gasteiger partial charge on any atom is 0.207 e. The van der Waals surface area contributed by atoms with E-state index in [9.17, 15) is 4.79 Å². The number of thioether (sulfide) groups is 1. The zero-order valence-electron chi connectivity index (χ0n) is 22.5. The van der Waals surface area contributed by atoms with Gasteiger partial charge in [-0.15, -0.1) is 0 Å². The molecule has 0 aliphatic heterocycles. The summed E-state index contributed by atoms with van der Waals surface area (Å²) in [6, 6.07) is 8.19. The van der Waals surface area contributed by atoms with Crippen molar-refractivity contribution < 1.29 is 9.53 Å². The summed E-state index contributed by atoms with van der Waals surface area (Å²) in [5.41, 5.74) is 3.81. The van der Waals surface area contributed by atoms with Gasteiger partial charge in [-0.2, -0.15) is 0 Å². The van der Waals surface area contributed by atoms with Crippen molar-refractivity contribution in [1.82, 2.24) is 20.3 Å². The van der Waals surface area contributed by atoms with Gasteiger partial charge in [0.1, 0.15) is 11.6 Å². The minimum atomic E-state index is -0.0677. The highest BCUT2D eigenvalue weighted by molar-refractivity contribution is 7.98.